The molecule has 1 amide bonds. The van der Waals surface area contributed by atoms with Gasteiger partial charge in [-0.25, -0.2) is 0 Å². The molecule has 0 aliphatic carbocycles. The lowest BCUT2D eigenvalue weighted by molar-refractivity contribution is -0.129. The highest BCUT2D eigenvalue weighted by atomic mass is 16.3. The summed E-state index contributed by atoms with van der Waals surface area (Å²) in [7, 11) is 3.68. The van der Waals surface area contributed by atoms with E-state index in [1.165, 1.54) is 0 Å². The lowest BCUT2D eigenvalue weighted by atomic mass is 9.85. The summed E-state index contributed by atoms with van der Waals surface area (Å²) < 4.78 is 0. The maximum Gasteiger partial charge on any atom is 0.226 e. The van der Waals surface area contributed by atoms with Gasteiger partial charge in [0, 0.05) is 20.1 Å². The first-order valence-electron chi connectivity index (χ1n) is 6.96. The van der Waals surface area contributed by atoms with Gasteiger partial charge in [-0.2, -0.15) is 0 Å². The molecule has 4 nitrogen and oxygen atoms in total. The molecule has 0 spiro atoms. The molecule has 20 heavy (non-hydrogen) atoms. The summed E-state index contributed by atoms with van der Waals surface area (Å²) in [6.45, 7) is 7.62. The number of aromatic hydroxyl groups is 1. The predicted molar refractivity (Wildman–Crippen MR) is 82.1 cm³/mol. The van der Waals surface area contributed by atoms with Crippen LogP contribution >= 0.6 is 0 Å². The molecule has 0 fully saturated rings. The zero-order valence-electron chi connectivity index (χ0n) is 13.2. The number of nitrogens with zero attached hydrogens (tertiary/aromatic N) is 1. The molecule has 1 rings (SSSR count). The molecule has 0 saturated carbocycles. The molecule has 0 aliphatic heterocycles. The Labute approximate surface area is 121 Å². The van der Waals surface area contributed by atoms with Crippen molar-refractivity contribution in [3.05, 3.63) is 29.3 Å². The van der Waals surface area contributed by atoms with Crippen molar-refractivity contribution in [3.63, 3.8) is 0 Å². The van der Waals surface area contributed by atoms with Crippen molar-refractivity contribution in [1.29, 1.82) is 0 Å². The van der Waals surface area contributed by atoms with Crippen molar-refractivity contribution in [2.45, 2.75) is 32.6 Å². The highest BCUT2D eigenvalue weighted by Gasteiger charge is 2.19. The molecule has 0 unspecified atom stereocenters. The van der Waals surface area contributed by atoms with Crippen LogP contribution in [-0.4, -0.2) is 43.1 Å². The van der Waals surface area contributed by atoms with Crippen LogP contribution in [0.1, 0.15) is 31.9 Å². The van der Waals surface area contributed by atoms with E-state index in [0.717, 1.165) is 17.7 Å². The Morgan fingerprint density at radius 3 is 2.55 bits per heavy atom. The maximum atomic E-state index is 12.1. The molecule has 1 aromatic carbocycles. The molecule has 4 heteroatoms. The zero-order chi connectivity index (χ0) is 15.3. The summed E-state index contributed by atoms with van der Waals surface area (Å²) in [4.78, 5) is 13.8. The van der Waals surface area contributed by atoms with Gasteiger partial charge in [-0.3, -0.25) is 4.79 Å². The van der Waals surface area contributed by atoms with Crippen LogP contribution < -0.4 is 5.32 Å². The Balaban J connectivity index is 2.81. The number of phenols is 1. The highest BCUT2D eigenvalue weighted by Crippen LogP contribution is 2.31. The van der Waals surface area contributed by atoms with Gasteiger partial charge in [0.05, 0.1) is 6.42 Å². The number of carbonyl (C=O) groups excluding carboxylic acids is 1. The number of likely N-dealkylation sites (N-methyl/N-ethyl adjacent to an activating group) is 2. The number of nitrogens with one attached hydrogen (secondary N) is 1. The SMILES string of the molecule is CNCCN(C)C(=O)Cc1ccc(O)c(C(C)(C)C)c1. The molecule has 1 aromatic rings. The fraction of sp³-hybridized carbons (Fsp3) is 0.562. The lowest BCUT2D eigenvalue weighted by Gasteiger charge is -2.22. The number of amides is 1. The number of benzene rings is 1. The van der Waals surface area contributed by atoms with E-state index in [1.54, 1.807) is 11.0 Å². The Hall–Kier alpha value is -1.55. The van der Waals surface area contributed by atoms with E-state index in [0.29, 0.717) is 13.0 Å². The van der Waals surface area contributed by atoms with Crippen molar-refractivity contribution in [1.82, 2.24) is 10.2 Å². The van der Waals surface area contributed by atoms with E-state index in [2.05, 4.69) is 5.32 Å². The minimum Gasteiger partial charge on any atom is -0.508 e. The number of carbonyl (C=O) groups is 1. The number of hydrogen-bond acceptors (Lipinski definition) is 3. The first-order valence-corrected chi connectivity index (χ1v) is 6.96. The monoisotopic (exact) mass is 278 g/mol. The van der Waals surface area contributed by atoms with Crippen LogP contribution in [0.4, 0.5) is 0 Å². The normalized spacial score (nSPS) is 11.4. The summed E-state index contributed by atoms with van der Waals surface area (Å²) in [5.41, 5.74) is 1.68. The van der Waals surface area contributed by atoms with Crippen LogP contribution in [-0.2, 0) is 16.6 Å². The topological polar surface area (TPSA) is 52.6 Å². The summed E-state index contributed by atoms with van der Waals surface area (Å²) in [6, 6.07) is 5.42. The quantitative estimate of drug-likeness (QED) is 0.865. The van der Waals surface area contributed by atoms with Gasteiger partial charge in [0.1, 0.15) is 5.75 Å². The zero-order valence-corrected chi connectivity index (χ0v) is 13.2. The van der Waals surface area contributed by atoms with Crippen LogP contribution in [0.15, 0.2) is 18.2 Å². The van der Waals surface area contributed by atoms with Gasteiger partial charge in [0.25, 0.3) is 0 Å². The number of rotatable bonds is 5. The second-order valence-electron chi connectivity index (χ2n) is 6.20. The molecule has 2 N–H and O–H groups in total. The number of phenolic OH excluding ortho intramolecular Hbond substituents is 1. The second-order valence-corrected chi connectivity index (χ2v) is 6.20. The Bertz CT molecular complexity index is 464. The van der Waals surface area contributed by atoms with Crippen LogP contribution in [0, 0.1) is 0 Å². The molecule has 0 atom stereocenters. The van der Waals surface area contributed by atoms with Gasteiger partial charge in [-0.15, -0.1) is 0 Å². The van der Waals surface area contributed by atoms with Gasteiger partial charge in [0.2, 0.25) is 5.91 Å². The molecule has 0 aromatic heterocycles. The third kappa shape index (κ3) is 4.53. The average molecular weight is 278 g/mol. The number of hydrogen-bond donors (Lipinski definition) is 2. The minimum atomic E-state index is -0.138. The summed E-state index contributed by atoms with van der Waals surface area (Å²) in [5.74, 6) is 0.378. The molecular formula is C16H26N2O2. The average Bonchev–Trinajstić information content (AvgIpc) is 2.36. The molecule has 0 saturated heterocycles. The predicted octanol–water partition coefficient (Wildman–Crippen LogP) is 1.91. The van der Waals surface area contributed by atoms with E-state index < -0.39 is 0 Å². The molecule has 0 aliphatic rings. The van der Waals surface area contributed by atoms with Gasteiger partial charge in [0.15, 0.2) is 0 Å². The van der Waals surface area contributed by atoms with Crippen LogP contribution in [0.2, 0.25) is 0 Å². The van der Waals surface area contributed by atoms with Crippen LogP contribution in [0.25, 0.3) is 0 Å². The smallest absolute Gasteiger partial charge is 0.226 e. The van der Waals surface area contributed by atoms with Crippen molar-refractivity contribution in [2.75, 3.05) is 27.2 Å². The largest absolute Gasteiger partial charge is 0.508 e. The van der Waals surface area contributed by atoms with Crippen molar-refractivity contribution in [3.8, 4) is 5.75 Å². The van der Waals surface area contributed by atoms with Gasteiger partial charge < -0.3 is 15.3 Å². The lowest BCUT2D eigenvalue weighted by Crippen LogP contribution is -2.33. The third-order valence-electron chi connectivity index (χ3n) is 3.35. The Morgan fingerprint density at radius 1 is 1.35 bits per heavy atom. The van der Waals surface area contributed by atoms with Crippen LogP contribution in [0.3, 0.4) is 0 Å². The van der Waals surface area contributed by atoms with E-state index in [4.69, 9.17) is 0 Å². The highest BCUT2D eigenvalue weighted by molar-refractivity contribution is 5.78. The summed E-state index contributed by atoms with van der Waals surface area (Å²) in [5, 5.41) is 13.0. The van der Waals surface area contributed by atoms with Gasteiger partial charge >= 0.3 is 0 Å². The molecular weight excluding hydrogens is 252 g/mol. The van der Waals surface area contributed by atoms with E-state index >= 15 is 0 Å². The van der Waals surface area contributed by atoms with Crippen molar-refractivity contribution >= 4 is 5.91 Å². The summed E-state index contributed by atoms with van der Waals surface area (Å²) in [6.07, 6.45) is 0.365. The van der Waals surface area contributed by atoms with E-state index in [9.17, 15) is 9.90 Å². The molecule has 0 heterocycles. The fourth-order valence-electron chi connectivity index (χ4n) is 2.01. The van der Waals surface area contributed by atoms with E-state index in [1.807, 2.05) is 47.0 Å². The molecule has 0 bridgehead atoms. The Morgan fingerprint density at radius 2 is 2.00 bits per heavy atom. The maximum absolute atomic E-state index is 12.1. The standard InChI is InChI=1S/C16H26N2O2/c1-16(2,3)13-10-12(6-7-14(13)19)11-15(20)18(5)9-8-17-4/h6-7,10,17,19H,8-9,11H2,1-5H3. The third-order valence-corrected chi connectivity index (χ3v) is 3.35. The van der Waals surface area contributed by atoms with Gasteiger partial charge in [-0.05, 0) is 29.7 Å². The Kier molecular flexibility index (Phi) is 5.57. The van der Waals surface area contributed by atoms with Gasteiger partial charge in [-0.1, -0.05) is 32.9 Å². The van der Waals surface area contributed by atoms with Crippen molar-refractivity contribution < 1.29 is 9.90 Å². The molecule has 112 valence electrons. The fourth-order valence-corrected chi connectivity index (χ4v) is 2.01. The second kappa shape index (κ2) is 6.75. The minimum absolute atomic E-state index is 0.0887. The first-order chi connectivity index (χ1) is 9.25. The van der Waals surface area contributed by atoms with Crippen molar-refractivity contribution in [2.24, 2.45) is 0 Å². The first kappa shape index (κ1) is 16.5. The van der Waals surface area contributed by atoms with E-state index in [-0.39, 0.29) is 17.1 Å². The molecule has 0 radical (unpaired) electrons. The summed E-state index contributed by atoms with van der Waals surface area (Å²) >= 11 is 0. The van der Waals surface area contributed by atoms with Crippen LogP contribution in [0.5, 0.6) is 5.75 Å².